The van der Waals surface area contributed by atoms with Gasteiger partial charge in [-0.25, -0.2) is 4.79 Å². The molecule has 4 bridgehead atoms. The fourth-order valence-corrected chi connectivity index (χ4v) is 6.22. The van der Waals surface area contributed by atoms with E-state index >= 15 is 0 Å². The van der Waals surface area contributed by atoms with Crippen LogP contribution in [0.1, 0.15) is 97.8 Å². The second kappa shape index (κ2) is 19.5. The number of aliphatic hydroxyl groups is 3. The highest BCUT2D eigenvalue weighted by molar-refractivity contribution is 5.83. The molecule has 0 aliphatic carbocycles. The Hall–Kier alpha value is -2.81. The van der Waals surface area contributed by atoms with E-state index < -0.39 is 66.6 Å². The van der Waals surface area contributed by atoms with Crippen molar-refractivity contribution in [3.8, 4) is 0 Å². The van der Waals surface area contributed by atoms with Crippen LogP contribution in [0.15, 0.2) is 36.1 Å². The summed E-state index contributed by atoms with van der Waals surface area (Å²) in [5.74, 6) is -3.50. The van der Waals surface area contributed by atoms with Gasteiger partial charge >= 0.3 is 11.9 Å². The lowest BCUT2D eigenvalue weighted by Crippen LogP contribution is -2.62. The summed E-state index contributed by atoms with van der Waals surface area (Å²) in [6.07, 6.45) is 4.98. The Morgan fingerprint density at radius 3 is 2.59 bits per heavy atom. The van der Waals surface area contributed by atoms with Crippen LogP contribution < -0.4 is 5.32 Å². The summed E-state index contributed by atoms with van der Waals surface area (Å²) in [4.78, 5) is 38.5. The van der Waals surface area contributed by atoms with Crippen molar-refractivity contribution in [1.82, 2.24) is 5.32 Å². The number of ether oxygens (including phenoxy) is 6. The Labute approximate surface area is 290 Å². The first-order valence-corrected chi connectivity index (χ1v) is 17.5. The van der Waals surface area contributed by atoms with Crippen LogP contribution in [0, 0.1) is 5.41 Å². The summed E-state index contributed by atoms with van der Waals surface area (Å²) in [6.45, 7) is 9.53. The van der Waals surface area contributed by atoms with E-state index in [1.165, 1.54) is 13.2 Å². The molecule has 0 aromatic heterocycles. The number of methoxy groups -OCH3 is 1. The predicted octanol–water partition coefficient (Wildman–Crippen LogP) is 3.49. The maximum Gasteiger partial charge on any atom is 0.330 e. The molecule has 0 radical (unpaired) electrons. The number of esters is 2. The number of hydrogen-bond acceptors (Lipinski definition) is 12. The summed E-state index contributed by atoms with van der Waals surface area (Å²) < 4.78 is 35.0. The third-order valence-electron chi connectivity index (χ3n) is 9.12. The maximum atomic E-state index is 13.2. The van der Waals surface area contributed by atoms with Crippen LogP contribution in [0.4, 0.5) is 0 Å². The monoisotopic (exact) mass is 695 g/mol. The van der Waals surface area contributed by atoms with Crippen molar-refractivity contribution in [1.29, 1.82) is 0 Å². The number of hydrogen-bond donors (Lipinski definition) is 4. The van der Waals surface area contributed by atoms with Gasteiger partial charge in [0.05, 0.1) is 50.8 Å². The third-order valence-corrected chi connectivity index (χ3v) is 9.12. The second-order valence-corrected chi connectivity index (χ2v) is 13.7. The van der Waals surface area contributed by atoms with Crippen LogP contribution in [-0.4, -0.2) is 103 Å². The molecule has 4 N–H and O–H groups in total. The zero-order valence-corrected chi connectivity index (χ0v) is 29.5. The first-order chi connectivity index (χ1) is 23.3. The predicted molar refractivity (Wildman–Crippen MR) is 179 cm³/mol. The van der Waals surface area contributed by atoms with Crippen molar-refractivity contribution < 1.29 is 58.1 Å². The minimum atomic E-state index is -2.23. The number of rotatable bonds is 9. The number of carbonyl (C=O) groups excluding carboxylic acids is 3. The average molecular weight is 696 g/mol. The Balaban J connectivity index is 2.01. The highest BCUT2D eigenvalue weighted by atomic mass is 16.7. The summed E-state index contributed by atoms with van der Waals surface area (Å²) in [5.41, 5.74) is -1.02. The molecule has 7 atom stereocenters. The molecule has 1 unspecified atom stereocenters. The second-order valence-electron chi connectivity index (χ2n) is 13.7. The molecule has 2 fully saturated rings. The Morgan fingerprint density at radius 1 is 1.12 bits per heavy atom. The lowest BCUT2D eigenvalue weighted by Gasteiger charge is -2.51. The lowest BCUT2D eigenvalue weighted by atomic mass is 9.74. The zero-order valence-electron chi connectivity index (χ0n) is 29.5. The lowest BCUT2D eigenvalue weighted by molar-refractivity contribution is -0.327. The van der Waals surface area contributed by atoms with Gasteiger partial charge in [-0.2, -0.15) is 0 Å². The van der Waals surface area contributed by atoms with E-state index in [1.807, 2.05) is 0 Å². The van der Waals surface area contributed by atoms with Gasteiger partial charge in [0, 0.05) is 37.3 Å². The molecule has 0 aromatic rings. The normalized spacial score (nSPS) is 33.1. The van der Waals surface area contributed by atoms with E-state index in [9.17, 15) is 29.7 Å². The fraction of sp³-hybridized carbons (Fsp3) is 0.750. The number of carbonyl (C=O) groups is 3. The quantitative estimate of drug-likeness (QED) is 0.120. The van der Waals surface area contributed by atoms with E-state index in [-0.39, 0.29) is 62.3 Å². The maximum absolute atomic E-state index is 13.2. The molecule has 0 spiro atoms. The third kappa shape index (κ3) is 12.5. The molecule has 278 valence electrons. The van der Waals surface area contributed by atoms with Gasteiger partial charge in [0.15, 0.2) is 12.4 Å². The minimum absolute atomic E-state index is 0.0524. The molecule has 1 amide bonds. The fourth-order valence-electron chi connectivity index (χ4n) is 6.22. The van der Waals surface area contributed by atoms with Crippen molar-refractivity contribution in [3.05, 3.63) is 36.1 Å². The molecule has 13 heteroatoms. The number of aliphatic hydroxyl groups excluding tert-OH is 2. The molecule has 2 saturated heterocycles. The van der Waals surface area contributed by atoms with Crippen molar-refractivity contribution in [3.63, 3.8) is 0 Å². The van der Waals surface area contributed by atoms with Crippen LogP contribution in [0.3, 0.4) is 0 Å². The highest BCUT2D eigenvalue weighted by Gasteiger charge is 2.57. The Morgan fingerprint density at radius 2 is 1.88 bits per heavy atom. The van der Waals surface area contributed by atoms with Gasteiger partial charge in [0.1, 0.15) is 6.10 Å². The zero-order chi connectivity index (χ0) is 36.0. The minimum Gasteiger partial charge on any atom is -0.493 e. The Bertz CT molecular complexity index is 1170. The largest absolute Gasteiger partial charge is 0.493 e. The van der Waals surface area contributed by atoms with Gasteiger partial charge in [-0.1, -0.05) is 59.1 Å². The van der Waals surface area contributed by atoms with E-state index in [0.717, 1.165) is 25.7 Å². The summed E-state index contributed by atoms with van der Waals surface area (Å²) in [7, 11) is 1.22. The molecule has 3 aliphatic rings. The van der Waals surface area contributed by atoms with E-state index in [4.69, 9.17) is 28.4 Å². The van der Waals surface area contributed by atoms with Crippen molar-refractivity contribution >= 4 is 17.8 Å². The smallest absolute Gasteiger partial charge is 0.330 e. The average Bonchev–Trinajstić information content (AvgIpc) is 3.04. The molecule has 3 heterocycles. The topological polar surface area (TPSA) is 179 Å². The molecule has 49 heavy (non-hydrogen) atoms. The van der Waals surface area contributed by atoms with Crippen LogP contribution in [-0.2, 0) is 42.8 Å². The SMILES string of the molecule is C=C1C[C@H](O)CCNC(=O)C[C@@H]2CCO[C@H](/C=C/C(C)(C)[C@]3(O)OC(C/C(=C\C(=O)OC)[C@@H]3OC(=O)CCCCCCC)C[C@H](CO)O1)O2. The number of fused-ring (bicyclic) bond motifs is 4. The van der Waals surface area contributed by atoms with E-state index in [2.05, 4.69) is 18.8 Å². The highest BCUT2D eigenvalue weighted by Crippen LogP contribution is 2.47. The number of nitrogens with one attached hydrogen (secondary N) is 1. The van der Waals surface area contributed by atoms with Crippen molar-refractivity contribution in [2.24, 2.45) is 5.41 Å². The van der Waals surface area contributed by atoms with Gasteiger partial charge in [-0.05, 0) is 37.3 Å². The Kier molecular flexibility index (Phi) is 16.2. The first kappa shape index (κ1) is 40.6. The first-order valence-electron chi connectivity index (χ1n) is 17.5. The van der Waals surface area contributed by atoms with E-state index in [0.29, 0.717) is 19.4 Å². The standard InChI is InChI=1S/C36H57NO12/c1-6-7-8-9-10-11-31(41)48-34-25(20-32(42)44-5)19-28-21-29(23-38)46-24(2)18-26(39)13-16-37-30(40)22-27-14-17-45-33(47-27)12-15-35(3,4)36(34,43)49-28/h12,15,20,26-29,33-34,38-39,43H,2,6-11,13-14,16-19,21-23H2,1,3-5H3,(H,37,40)/b15-12+,25-20+/t26-,27+,28?,29-,33+,34+,36-/m1/s1. The van der Waals surface area contributed by atoms with Crippen molar-refractivity contribution in [2.75, 3.05) is 26.9 Å². The van der Waals surface area contributed by atoms with Crippen LogP contribution in [0.2, 0.25) is 0 Å². The van der Waals surface area contributed by atoms with Crippen LogP contribution in [0.25, 0.3) is 0 Å². The molecule has 3 aliphatic heterocycles. The van der Waals surface area contributed by atoms with Gasteiger partial charge in [-0.15, -0.1) is 0 Å². The van der Waals surface area contributed by atoms with Gasteiger partial charge < -0.3 is 49.1 Å². The molecule has 3 rings (SSSR count). The molecule has 13 nitrogen and oxygen atoms in total. The summed E-state index contributed by atoms with van der Waals surface area (Å²) in [5, 5.41) is 36.1. The van der Waals surface area contributed by atoms with Crippen molar-refractivity contribution in [2.45, 2.75) is 140 Å². The summed E-state index contributed by atoms with van der Waals surface area (Å²) in [6, 6.07) is 0. The number of unbranched alkanes of at least 4 members (excludes halogenated alkanes) is 4. The van der Waals surface area contributed by atoms with Gasteiger partial charge in [0.2, 0.25) is 11.7 Å². The molecule has 0 aromatic carbocycles. The molecular weight excluding hydrogens is 638 g/mol. The van der Waals surface area contributed by atoms with Crippen LogP contribution in [0.5, 0.6) is 0 Å². The van der Waals surface area contributed by atoms with Gasteiger partial charge in [0.25, 0.3) is 0 Å². The summed E-state index contributed by atoms with van der Waals surface area (Å²) >= 11 is 0. The molecule has 0 saturated carbocycles. The van der Waals surface area contributed by atoms with Crippen LogP contribution >= 0.6 is 0 Å². The van der Waals surface area contributed by atoms with Gasteiger partial charge in [-0.3, -0.25) is 9.59 Å². The molecular formula is C36H57NO12. The van der Waals surface area contributed by atoms with E-state index in [1.54, 1.807) is 26.0 Å². The number of amides is 1.